The summed E-state index contributed by atoms with van der Waals surface area (Å²) in [6.45, 7) is 68.0. The minimum absolute atomic E-state index is 0.0311. The van der Waals surface area contributed by atoms with Gasteiger partial charge in [-0.2, -0.15) is 0 Å². The maximum atomic E-state index is 13.5. The molecule has 12 heteroatoms. The van der Waals surface area contributed by atoms with Crippen molar-refractivity contribution in [2.75, 3.05) is 0 Å². The van der Waals surface area contributed by atoms with E-state index >= 15 is 0 Å². The molecule has 0 N–H and O–H groups in total. The van der Waals surface area contributed by atoms with Crippen molar-refractivity contribution >= 4 is 45.2 Å². The maximum Gasteiger partial charge on any atom is 0.331 e. The lowest BCUT2D eigenvalue weighted by Crippen LogP contribution is -2.48. The van der Waals surface area contributed by atoms with E-state index in [1.165, 1.54) is 22.8 Å². The molecule has 0 aromatic carbocycles. The Labute approximate surface area is 498 Å². The van der Waals surface area contributed by atoms with Crippen molar-refractivity contribution in [3.63, 3.8) is 0 Å². The van der Waals surface area contributed by atoms with Crippen LogP contribution in [-0.2, 0) is 36.8 Å². The highest BCUT2D eigenvalue weighted by Gasteiger charge is 2.44. The predicted octanol–water partition coefficient (Wildman–Crippen LogP) is 20.7. The molecule has 462 valence electrons. The Balaban J connectivity index is 3.11. The molecule has 0 aromatic rings. The van der Waals surface area contributed by atoms with Gasteiger partial charge in [-0.1, -0.05) is 180 Å². The van der Waals surface area contributed by atoms with Gasteiger partial charge in [-0.15, -0.1) is 0 Å². The van der Waals surface area contributed by atoms with Crippen molar-refractivity contribution < 1.29 is 36.8 Å². The van der Waals surface area contributed by atoms with Crippen molar-refractivity contribution in [3.8, 4) is 0 Å². The summed E-state index contributed by atoms with van der Waals surface area (Å²) in [5.74, 6) is -0.171. The summed E-state index contributed by atoms with van der Waals surface area (Å²) < 4.78 is 40.3. The van der Waals surface area contributed by atoms with Crippen LogP contribution in [0.4, 0.5) is 0 Å². The van der Waals surface area contributed by atoms with Crippen LogP contribution in [0.5, 0.6) is 0 Å². The van der Waals surface area contributed by atoms with Gasteiger partial charge >= 0.3 is 11.9 Å². The number of hydrogen-bond acceptors (Lipinski definition) is 8. The number of carbonyl (C=O) groups excluding carboxylic acids is 2. The van der Waals surface area contributed by atoms with E-state index in [1.807, 2.05) is 13.0 Å². The fraction of sp³-hybridized carbons (Fsp3) is 0.765. The van der Waals surface area contributed by atoms with E-state index < -0.39 is 33.3 Å². The maximum absolute atomic E-state index is 13.5. The van der Waals surface area contributed by atoms with E-state index in [2.05, 4.69) is 240 Å². The monoisotopic (exact) mass is 1180 g/mol. The molecule has 1 heterocycles. The van der Waals surface area contributed by atoms with Crippen molar-refractivity contribution in [2.45, 2.75) is 319 Å². The lowest BCUT2D eigenvalue weighted by molar-refractivity contribution is -0.152. The zero-order chi connectivity index (χ0) is 62.2. The summed E-state index contributed by atoms with van der Waals surface area (Å²) in [5.41, 5.74) is 5.70. The molecule has 0 amide bonds. The number of esters is 2. The van der Waals surface area contributed by atoms with Gasteiger partial charge in [-0.3, -0.25) is 4.79 Å². The van der Waals surface area contributed by atoms with Gasteiger partial charge in [0.15, 0.2) is 33.3 Å². The van der Waals surface area contributed by atoms with Crippen LogP contribution in [0.3, 0.4) is 0 Å². The lowest BCUT2D eigenvalue weighted by Gasteiger charge is -2.43. The first-order chi connectivity index (χ1) is 36.1. The van der Waals surface area contributed by atoms with Crippen LogP contribution in [0.1, 0.15) is 210 Å². The first-order valence-electron chi connectivity index (χ1n) is 30.9. The van der Waals surface area contributed by atoms with Gasteiger partial charge in [0, 0.05) is 31.1 Å². The smallest absolute Gasteiger partial charge is 0.331 e. The molecule has 1 aliphatic heterocycles. The fourth-order valence-electron chi connectivity index (χ4n) is 9.28. The first kappa shape index (κ1) is 75.8. The van der Waals surface area contributed by atoms with E-state index in [9.17, 15) is 9.59 Å². The molecule has 1 rings (SSSR count). The summed E-state index contributed by atoms with van der Waals surface area (Å²) in [6, 6.07) is 0. The van der Waals surface area contributed by atoms with Gasteiger partial charge < -0.3 is 27.2 Å². The molecule has 8 nitrogen and oxygen atoms in total. The Morgan fingerprint density at radius 2 is 1.19 bits per heavy atom. The molecule has 0 saturated heterocycles. The lowest BCUT2D eigenvalue weighted by atomic mass is 9.89. The molecule has 0 spiro atoms. The first-order valence-corrected chi connectivity index (χ1v) is 42.5. The van der Waals surface area contributed by atoms with Crippen molar-refractivity contribution in [1.29, 1.82) is 0 Å². The van der Waals surface area contributed by atoms with Crippen LogP contribution in [0.2, 0.25) is 72.5 Å². The molecular formula is C68H126O8Si4. The molecule has 0 aromatic heterocycles. The van der Waals surface area contributed by atoms with Crippen molar-refractivity contribution in [2.24, 2.45) is 17.8 Å². The summed E-state index contributed by atoms with van der Waals surface area (Å²) in [5, 5.41) is 0.503. The molecule has 0 unspecified atom stereocenters. The second kappa shape index (κ2) is 31.8. The summed E-state index contributed by atoms with van der Waals surface area (Å²) in [7, 11) is -7.93. The van der Waals surface area contributed by atoms with Crippen LogP contribution < -0.4 is 0 Å². The Hall–Kier alpha value is -2.17. The third-order valence-corrected chi connectivity index (χ3v) is 36.7. The topological polar surface area (TPSA) is 89.5 Å². The number of hydrogen-bond donors (Lipinski definition) is 0. The second-order valence-corrected chi connectivity index (χ2v) is 49.9. The Morgan fingerprint density at radius 3 is 1.71 bits per heavy atom. The zero-order valence-electron chi connectivity index (χ0n) is 57.5. The second-order valence-electron chi connectivity index (χ2n) is 30.9. The van der Waals surface area contributed by atoms with Crippen molar-refractivity contribution in [1.82, 2.24) is 0 Å². The van der Waals surface area contributed by atoms with Gasteiger partial charge in [-0.25, -0.2) is 4.79 Å². The van der Waals surface area contributed by atoms with Crippen LogP contribution in [0.25, 0.3) is 0 Å². The fourth-order valence-corrected chi connectivity index (χ4v) is 15.0. The van der Waals surface area contributed by atoms with Crippen LogP contribution >= 0.6 is 0 Å². The molecule has 1 aliphatic rings. The number of ether oxygens (including phenoxy) is 2. The average molecular weight is 1180 g/mol. The molecule has 0 radical (unpaired) electrons. The molecule has 80 heavy (non-hydrogen) atoms. The van der Waals surface area contributed by atoms with E-state index in [0.29, 0.717) is 19.3 Å². The van der Waals surface area contributed by atoms with E-state index in [-0.39, 0.29) is 92.9 Å². The highest BCUT2D eigenvalue weighted by Crippen LogP contribution is 2.43. The van der Waals surface area contributed by atoms with E-state index in [0.717, 1.165) is 43.3 Å². The quantitative estimate of drug-likeness (QED) is 0.0294. The van der Waals surface area contributed by atoms with Crippen LogP contribution in [0, 0.1) is 17.8 Å². The third kappa shape index (κ3) is 27.2. The molecular weight excluding hydrogens is 1060 g/mol. The number of carbonyl (C=O) groups is 2. The van der Waals surface area contributed by atoms with Crippen LogP contribution in [-0.4, -0.2) is 81.8 Å². The summed E-state index contributed by atoms with van der Waals surface area (Å²) in [6.07, 6.45) is 24.7. The Morgan fingerprint density at radius 1 is 0.688 bits per heavy atom. The van der Waals surface area contributed by atoms with E-state index in [4.69, 9.17) is 27.2 Å². The highest BCUT2D eigenvalue weighted by atomic mass is 28.4. The molecule has 0 fully saturated rings. The number of allylic oxidation sites excluding steroid dienone is 10. The third-order valence-electron chi connectivity index (χ3n) is 18.5. The standard InChI is InChI=1S/C68H126O8Si4/c1-49(37-40-59(75-79(27,28)67(17,18)19)47-57(9)73-77(23,24)65(11,12)13)33-31-34-50(2)43-51(3)39-42-64(70)71-60-35-32-36-63(69)72-61(41-38-52(4)44-54(60)6)55(7)45-53(5)46-56(8)62(76-80(29,30)68(20,21)22)48-58(10)74-78(25,26)66(14,15)16/h31,33-34,37-39,42-43,46,54-62H,32,35-36,40-41,44-45,47-48H2,1-30H3/b33-31+,42-39+,49-37+,50-34+,51-43+,52-38+,53-46+/t54-,55-,56+,57-,58+,59+,60-,61+,62+/m0/s1. The Kier molecular flexibility index (Phi) is 30.2. The molecule has 9 atom stereocenters. The minimum atomic E-state index is -2.07. The summed E-state index contributed by atoms with van der Waals surface area (Å²) in [4.78, 5) is 26.8. The van der Waals surface area contributed by atoms with Gasteiger partial charge in [0.05, 0.1) is 12.2 Å². The zero-order valence-corrected chi connectivity index (χ0v) is 61.5. The molecule has 0 aliphatic carbocycles. The van der Waals surface area contributed by atoms with Gasteiger partial charge in [-0.05, 0) is 184 Å². The average Bonchev–Trinajstić information content (AvgIpc) is 3.25. The van der Waals surface area contributed by atoms with E-state index in [1.54, 1.807) is 0 Å². The summed E-state index contributed by atoms with van der Waals surface area (Å²) >= 11 is 0. The van der Waals surface area contributed by atoms with Gasteiger partial charge in [0.25, 0.3) is 0 Å². The largest absolute Gasteiger partial charge is 0.462 e. The van der Waals surface area contributed by atoms with Crippen LogP contribution in [0.15, 0.2) is 82.5 Å². The normalized spacial score (nSPS) is 22.4. The number of cyclic esters (lactones) is 1. The molecule has 0 bridgehead atoms. The number of rotatable bonds is 25. The highest BCUT2D eigenvalue weighted by molar-refractivity contribution is 6.75. The SMILES string of the molecule is CC(=C\C=C\C(C)=C\C[C@H](C[C@H](C)O[Si](C)(C)C(C)(C)C)O[Si](C)(C)C(C)(C)C)/C=C(C)/C=C/C(=O)O[C@H]1CCCC(=O)O[C@@H]([C@@H](C)C/C(C)=C/[C@@H](C)[C@@H](C[C@@H](C)O[Si](C)(C)C(C)(C)C)O[Si](C)(C)C(C)(C)C)C/C=C(\C)C[C@@H]1C. The predicted molar refractivity (Wildman–Crippen MR) is 355 cm³/mol. The van der Waals surface area contributed by atoms with Crippen molar-refractivity contribution in [3.05, 3.63) is 82.5 Å². The minimum Gasteiger partial charge on any atom is -0.462 e. The Bertz CT molecular complexity index is 2160. The van der Waals surface area contributed by atoms with Gasteiger partial charge in [0.1, 0.15) is 12.2 Å². The van der Waals surface area contributed by atoms with Gasteiger partial charge in [0.2, 0.25) is 0 Å². The molecule has 0 saturated carbocycles.